The van der Waals surface area contributed by atoms with E-state index in [1.807, 2.05) is 13.2 Å². The molecular weight excluding hydrogens is 323 g/mol. The molecule has 0 fully saturated rings. The standard InChI is InChI=1S/C12H14Cl2N2O3S/c1-6(20-2)5-15-12(19)16-10-8(13)3-7(11(17)18)4-9(10)14/h3-4,6H,5H2,1-2H3,(H,17,18)(H2,15,16,19). The number of halogens is 2. The lowest BCUT2D eigenvalue weighted by Gasteiger charge is -2.13. The number of urea groups is 1. The maximum Gasteiger partial charge on any atom is 0.335 e. The summed E-state index contributed by atoms with van der Waals surface area (Å²) in [5, 5.41) is 14.5. The molecule has 8 heteroatoms. The second kappa shape index (κ2) is 7.61. The van der Waals surface area contributed by atoms with E-state index in [1.54, 1.807) is 11.8 Å². The number of amides is 2. The number of nitrogens with one attached hydrogen (secondary N) is 2. The number of carboxylic acids is 1. The molecule has 0 aliphatic rings. The number of hydrogen-bond donors (Lipinski definition) is 3. The van der Waals surface area contributed by atoms with Crippen LogP contribution in [0.15, 0.2) is 12.1 Å². The SMILES string of the molecule is CSC(C)CNC(=O)Nc1c(Cl)cc(C(=O)O)cc1Cl. The van der Waals surface area contributed by atoms with E-state index in [1.165, 1.54) is 12.1 Å². The van der Waals surface area contributed by atoms with Crippen LogP contribution < -0.4 is 10.6 Å². The number of aromatic carboxylic acids is 1. The van der Waals surface area contributed by atoms with Gasteiger partial charge in [-0.15, -0.1) is 0 Å². The Labute approximate surface area is 131 Å². The Balaban J connectivity index is 2.78. The Morgan fingerprint density at radius 1 is 1.35 bits per heavy atom. The summed E-state index contributed by atoms with van der Waals surface area (Å²) in [6.07, 6.45) is 1.95. The van der Waals surface area contributed by atoms with E-state index in [9.17, 15) is 9.59 Å². The van der Waals surface area contributed by atoms with Gasteiger partial charge in [0.25, 0.3) is 0 Å². The van der Waals surface area contributed by atoms with Crippen LogP contribution in [0.5, 0.6) is 0 Å². The number of rotatable bonds is 5. The molecule has 0 aromatic heterocycles. The number of carbonyl (C=O) groups excluding carboxylic acids is 1. The van der Waals surface area contributed by atoms with E-state index in [-0.39, 0.29) is 26.5 Å². The number of hydrogen-bond acceptors (Lipinski definition) is 3. The molecule has 0 spiro atoms. The lowest BCUT2D eigenvalue weighted by Crippen LogP contribution is -2.33. The van der Waals surface area contributed by atoms with Gasteiger partial charge in [-0.3, -0.25) is 0 Å². The molecule has 0 radical (unpaired) electrons. The van der Waals surface area contributed by atoms with E-state index in [0.29, 0.717) is 6.54 Å². The quantitative estimate of drug-likeness (QED) is 0.768. The van der Waals surface area contributed by atoms with Crippen molar-refractivity contribution in [2.75, 3.05) is 18.1 Å². The number of carboxylic acid groups (broad SMARTS) is 1. The van der Waals surface area contributed by atoms with Crippen molar-refractivity contribution in [2.24, 2.45) is 0 Å². The first-order chi connectivity index (χ1) is 9.35. The molecule has 1 atom stereocenters. The molecule has 0 aliphatic heterocycles. The fourth-order valence-electron chi connectivity index (χ4n) is 1.29. The molecular formula is C12H14Cl2N2O3S. The molecule has 1 aromatic rings. The van der Waals surface area contributed by atoms with Gasteiger partial charge in [0.15, 0.2) is 0 Å². The second-order valence-corrected chi connectivity index (χ2v) is 6.09. The van der Waals surface area contributed by atoms with Crippen LogP contribution in [0.25, 0.3) is 0 Å². The topological polar surface area (TPSA) is 78.4 Å². The van der Waals surface area contributed by atoms with Crippen LogP contribution in [0, 0.1) is 0 Å². The minimum atomic E-state index is -1.14. The molecule has 20 heavy (non-hydrogen) atoms. The lowest BCUT2D eigenvalue weighted by molar-refractivity contribution is 0.0697. The highest BCUT2D eigenvalue weighted by molar-refractivity contribution is 7.99. The van der Waals surface area contributed by atoms with Crippen molar-refractivity contribution in [1.29, 1.82) is 0 Å². The van der Waals surface area contributed by atoms with Crippen molar-refractivity contribution in [3.8, 4) is 0 Å². The highest BCUT2D eigenvalue weighted by Crippen LogP contribution is 2.31. The summed E-state index contributed by atoms with van der Waals surface area (Å²) in [5.41, 5.74) is 0.148. The molecule has 0 heterocycles. The van der Waals surface area contributed by atoms with Gasteiger partial charge in [-0.25, -0.2) is 9.59 Å². The largest absolute Gasteiger partial charge is 0.478 e. The maximum absolute atomic E-state index is 11.7. The van der Waals surface area contributed by atoms with E-state index in [0.717, 1.165) is 0 Å². The van der Waals surface area contributed by atoms with E-state index >= 15 is 0 Å². The van der Waals surface area contributed by atoms with Gasteiger partial charge in [-0.1, -0.05) is 30.1 Å². The monoisotopic (exact) mass is 336 g/mol. The van der Waals surface area contributed by atoms with Crippen molar-refractivity contribution in [1.82, 2.24) is 5.32 Å². The number of benzene rings is 1. The van der Waals surface area contributed by atoms with Gasteiger partial charge in [0.1, 0.15) is 0 Å². The fraction of sp³-hybridized carbons (Fsp3) is 0.333. The van der Waals surface area contributed by atoms with Gasteiger partial charge in [-0.2, -0.15) is 11.8 Å². The Hall–Kier alpha value is -1.11. The van der Waals surface area contributed by atoms with Gasteiger partial charge < -0.3 is 15.7 Å². The second-order valence-electron chi connectivity index (χ2n) is 4.00. The van der Waals surface area contributed by atoms with E-state index < -0.39 is 12.0 Å². The Bertz CT molecular complexity index is 502. The number of anilines is 1. The summed E-state index contributed by atoms with van der Waals surface area (Å²) in [5.74, 6) is -1.14. The molecule has 2 amide bonds. The van der Waals surface area contributed by atoms with Crippen LogP contribution in [-0.2, 0) is 0 Å². The number of thioether (sulfide) groups is 1. The summed E-state index contributed by atoms with van der Waals surface area (Å²) in [6.45, 7) is 2.47. The van der Waals surface area contributed by atoms with E-state index in [4.69, 9.17) is 28.3 Å². The van der Waals surface area contributed by atoms with Crippen molar-refractivity contribution in [3.05, 3.63) is 27.7 Å². The third-order valence-electron chi connectivity index (χ3n) is 2.48. The highest BCUT2D eigenvalue weighted by Gasteiger charge is 2.14. The summed E-state index contributed by atoms with van der Waals surface area (Å²) < 4.78 is 0. The van der Waals surface area contributed by atoms with Gasteiger partial charge in [0, 0.05) is 11.8 Å². The Morgan fingerprint density at radius 2 is 1.90 bits per heavy atom. The highest BCUT2D eigenvalue weighted by atomic mass is 35.5. The molecule has 0 saturated heterocycles. The molecule has 1 aromatic carbocycles. The van der Waals surface area contributed by atoms with Crippen molar-refractivity contribution in [3.63, 3.8) is 0 Å². The molecule has 3 N–H and O–H groups in total. The smallest absolute Gasteiger partial charge is 0.335 e. The maximum atomic E-state index is 11.7. The van der Waals surface area contributed by atoms with Crippen LogP contribution >= 0.6 is 35.0 Å². The van der Waals surface area contributed by atoms with E-state index in [2.05, 4.69) is 10.6 Å². The first kappa shape index (κ1) is 16.9. The van der Waals surface area contributed by atoms with Gasteiger partial charge in [0.2, 0.25) is 0 Å². The molecule has 110 valence electrons. The molecule has 0 bridgehead atoms. The van der Waals surface area contributed by atoms with Crippen LogP contribution in [0.3, 0.4) is 0 Å². The summed E-state index contributed by atoms with van der Waals surface area (Å²) >= 11 is 13.5. The summed E-state index contributed by atoms with van der Waals surface area (Å²) in [6, 6.07) is 2.02. The zero-order chi connectivity index (χ0) is 15.3. The average Bonchev–Trinajstić information content (AvgIpc) is 2.39. The van der Waals surface area contributed by atoms with Crippen molar-refractivity contribution in [2.45, 2.75) is 12.2 Å². The minimum absolute atomic E-state index is 0.0398. The van der Waals surface area contributed by atoms with Gasteiger partial charge in [0.05, 0.1) is 21.3 Å². The third kappa shape index (κ3) is 4.77. The normalized spacial score (nSPS) is 11.8. The summed E-state index contributed by atoms with van der Waals surface area (Å²) in [4.78, 5) is 22.5. The molecule has 0 saturated carbocycles. The van der Waals surface area contributed by atoms with Gasteiger partial charge in [-0.05, 0) is 18.4 Å². The first-order valence-electron chi connectivity index (χ1n) is 5.65. The predicted octanol–water partition coefficient (Wildman–Crippen LogP) is 3.56. The first-order valence-corrected chi connectivity index (χ1v) is 7.69. The van der Waals surface area contributed by atoms with Crippen LogP contribution in [0.4, 0.5) is 10.5 Å². The molecule has 5 nitrogen and oxygen atoms in total. The van der Waals surface area contributed by atoms with Crippen molar-refractivity contribution >= 4 is 52.7 Å². The number of carbonyl (C=O) groups is 2. The zero-order valence-electron chi connectivity index (χ0n) is 10.9. The zero-order valence-corrected chi connectivity index (χ0v) is 13.2. The Kier molecular flexibility index (Phi) is 6.45. The molecule has 1 unspecified atom stereocenters. The molecule has 1 rings (SSSR count). The lowest BCUT2D eigenvalue weighted by atomic mass is 10.2. The minimum Gasteiger partial charge on any atom is -0.478 e. The van der Waals surface area contributed by atoms with Gasteiger partial charge >= 0.3 is 12.0 Å². The van der Waals surface area contributed by atoms with Crippen molar-refractivity contribution < 1.29 is 14.7 Å². The fourth-order valence-corrected chi connectivity index (χ4v) is 2.13. The molecule has 0 aliphatic carbocycles. The van der Waals surface area contributed by atoms with Crippen LogP contribution in [0.1, 0.15) is 17.3 Å². The summed E-state index contributed by atoms with van der Waals surface area (Å²) in [7, 11) is 0. The Morgan fingerprint density at radius 3 is 2.35 bits per heavy atom. The van der Waals surface area contributed by atoms with Crippen LogP contribution in [-0.4, -0.2) is 35.2 Å². The van der Waals surface area contributed by atoms with Crippen LogP contribution in [0.2, 0.25) is 10.0 Å². The average molecular weight is 337 g/mol. The third-order valence-corrected chi connectivity index (χ3v) is 4.05. The predicted molar refractivity (Wildman–Crippen MR) is 83.4 cm³/mol.